The van der Waals surface area contributed by atoms with Crippen LogP contribution in [0.15, 0.2) is 35.1 Å². The molecule has 2 aliphatic rings. The van der Waals surface area contributed by atoms with Crippen LogP contribution in [0.4, 0.5) is 0 Å². The summed E-state index contributed by atoms with van der Waals surface area (Å²) in [7, 11) is 0. The van der Waals surface area contributed by atoms with E-state index >= 15 is 0 Å². The van der Waals surface area contributed by atoms with Gasteiger partial charge in [0.05, 0.1) is 11.8 Å². The van der Waals surface area contributed by atoms with Crippen molar-refractivity contribution in [2.24, 2.45) is 0 Å². The van der Waals surface area contributed by atoms with E-state index in [1.54, 1.807) is 6.08 Å². The summed E-state index contributed by atoms with van der Waals surface area (Å²) in [6.07, 6.45) is 9.70. The Bertz CT molecular complexity index is 345. The molecule has 2 heteroatoms. The van der Waals surface area contributed by atoms with E-state index in [0.29, 0.717) is 5.57 Å². The van der Waals surface area contributed by atoms with E-state index in [2.05, 4.69) is 0 Å². The molecule has 0 aromatic heterocycles. The predicted molar refractivity (Wildman–Crippen MR) is 55.0 cm³/mol. The average Bonchev–Trinajstić information content (AvgIpc) is 2.39. The van der Waals surface area contributed by atoms with Gasteiger partial charge in [0.25, 0.3) is 0 Å². The molecular weight excluding hydrogens is 176 g/mol. The Morgan fingerprint density at radius 2 is 2.07 bits per heavy atom. The minimum absolute atomic E-state index is 0.0240. The van der Waals surface area contributed by atoms with Crippen LogP contribution in [0.5, 0.6) is 0 Å². The van der Waals surface area contributed by atoms with Gasteiger partial charge in [-0.1, -0.05) is 17.7 Å². The van der Waals surface area contributed by atoms with E-state index in [1.165, 1.54) is 12.0 Å². The second-order valence-electron chi connectivity index (χ2n) is 3.81. The molecule has 0 saturated heterocycles. The highest BCUT2D eigenvalue weighted by molar-refractivity contribution is 6.10. The van der Waals surface area contributed by atoms with Gasteiger partial charge in [0.15, 0.2) is 5.78 Å². The summed E-state index contributed by atoms with van der Waals surface area (Å²) < 4.78 is 0. The highest BCUT2D eigenvalue weighted by atomic mass is 16.2. The molecule has 0 aromatic carbocycles. The summed E-state index contributed by atoms with van der Waals surface area (Å²) in [4.78, 5) is 11.9. The second-order valence-corrected chi connectivity index (χ2v) is 3.81. The van der Waals surface area contributed by atoms with Gasteiger partial charge >= 0.3 is 0 Å². The summed E-state index contributed by atoms with van der Waals surface area (Å²) in [6, 6.07) is 0. The summed E-state index contributed by atoms with van der Waals surface area (Å²) in [6.45, 7) is 0. The lowest BCUT2D eigenvalue weighted by molar-refractivity contribution is -0.112. The topological polar surface area (TPSA) is 37.3 Å². The maximum absolute atomic E-state index is 11.9. The summed E-state index contributed by atoms with van der Waals surface area (Å²) >= 11 is 0. The molecule has 2 aliphatic carbocycles. The number of Topliss-reactive ketones (excluding diaryl/α,β-unsaturated/α-hetero) is 1. The molecule has 1 N–H and O–H groups in total. The van der Waals surface area contributed by atoms with Crippen molar-refractivity contribution in [1.82, 2.24) is 0 Å². The van der Waals surface area contributed by atoms with Gasteiger partial charge in [-0.05, 0) is 37.7 Å². The van der Waals surface area contributed by atoms with Gasteiger partial charge in [-0.25, -0.2) is 0 Å². The number of aliphatic hydroxyl groups excluding tert-OH is 1. The van der Waals surface area contributed by atoms with E-state index in [9.17, 15) is 4.79 Å². The molecule has 0 spiro atoms. The van der Waals surface area contributed by atoms with Crippen LogP contribution in [-0.4, -0.2) is 10.9 Å². The monoisotopic (exact) mass is 190 g/mol. The van der Waals surface area contributed by atoms with Gasteiger partial charge in [0, 0.05) is 0 Å². The maximum atomic E-state index is 11.9. The molecular formula is C12H14O2. The van der Waals surface area contributed by atoms with E-state index in [1.807, 2.05) is 6.08 Å². The molecule has 0 aromatic rings. The van der Waals surface area contributed by atoms with Crippen LogP contribution in [0, 0.1) is 0 Å². The van der Waals surface area contributed by atoms with E-state index in [0.717, 1.165) is 37.5 Å². The predicted octanol–water partition coefficient (Wildman–Crippen LogP) is 2.83. The van der Waals surface area contributed by atoms with Crippen molar-refractivity contribution in [3.05, 3.63) is 35.1 Å². The normalized spacial score (nSPS) is 25.1. The van der Waals surface area contributed by atoms with Crippen molar-refractivity contribution in [3.8, 4) is 0 Å². The highest BCUT2D eigenvalue weighted by Gasteiger charge is 2.22. The van der Waals surface area contributed by atoms with Crippen LogP contribution in [0.3, 0.4) is 0 Å². The van der Waals surface area contributed by atoms with Gasteiger partial charge in [0.1, 0.15) is 0 Å². The molecule has 0 radical (unpaired) electrons. The van der Waals surface area contributed by atoms with Crippen molar-refractivity contribution in [1.29, 1.82) is 0 Å². The van der Waals surface area contributed by atoms with Crippen LogP contribution in [0.25, 0.3) is 0 Å². The Kier molecular flexibility index (Phi) is 2.53. The molecule has 0 unspecified atom stereocenters. The Morgan fingerprint density at radius 3 is 2.86 bits per heavy atom. The zero-order valence-electron chi connectivity index (χ0n) is 8.12. The van der Waals surface area contributed by atoms with Crippen LogP contribution in [0.1, 0.15) is 32.1 Å². The van der Waals surface area contributed by atoms with Gasteiger partial charge in [0.2, 0.25) is 0 Å². The zero-order chi connectivity index (χ0) is 9.97. The lowest BCUT2D eigenvalue weighted by Crippen LogP contribution is -2.10. The Hall–Kier alpha value is -1.31. The van der Waals surface area contributed by atoms with Gasteiger partial charge in [-0.2, -0.15) is 0 Å². The Balaban J connectivity index is 2.39. The lowest BCUT2D eigenvalue weighted by atomic mass is 9.87. The summed E-state index contributed by atoms with van der Waals surface area (Å²) in [5.74, 6) is 0.0240. The van der Waals surface area contributed by atoms with E-state index < -0.39 is 0 Å². The number of carbonyl (C=O) groups is 1. The maximum Gasteiger partial charge on any atom is 0.192 e. The molecule has 0 saturated carbocycles. The second kappa shape index (κ2) is 3.82. The minimum Gasteiger partial charge on any atom is -0.515 e. The number of hydrogen-bond acceptors (Lipinski definition) is 2. The molecule has 0 atom stereocenters. The van der Waals surface area contributed by atoms with Crippen LogP contribution in [0.2, 0.25) is 0 Å². The number of carbonyl (C=O) groups excluding carboxylic acids is 1. The van der Waals surface area contributed by atoms with Gasteiger partial charge in [-0.15, -0.1) is 0 Å². The fourth-order valence-corrected chi connectivity index (χ4v) is 2.15. The third-order valence-corrected chi connectivity index (χ3v) is 2.92. The quantitative estimate of drug-likeness (QED) is 0.471. The molecule has 14 heavy (non-hydrogen) atoms. The van der Waals surface area contributed by atoms with Crippen LogP contribution >= 0.6 is 0 Å². The highest BCUT2D eigenvalue weighted by Crippen LogP contribution is 2.31. The summed E-state index contributed by atoms with van der Waals surface area (Å²) in [5, 5.41) is 8.92. The molecule has 2 rings (SSSR count). The van der Waals surface area contributed by atoms with E-state index in [-0.39, 0.29) is 5.78 Å². The molecule has 0 aliphatic heterocycles. The Labute approximate surface area is 83.6 Å². The summed E-state index contributed by atoms with van der Waals surface area (Å²) in [5.41, 5.74) is 2.65. The molecule has 74 valence electrons. The fourth-order valence-electron chi connectivity index (χ4n) is 2.15. The number of hydrogen-bond donors (Lipinski definition) is 1. The van der Waals surface area contributed by atoms with Crippen molar-refractivity contribution >= 4 is 5.78 Å². The molecule has 0 heterocycles. The SMILES string of the molecule is O=C1C(=CO)C=CCC2=C1CCCC2. The average molecular weight is 190 g/mol. The first-order chi connectivity index (χ1) is 6.83. The lowest BCUT2D eigenvalue weighted by Gasteiger charge is -2.16. The fraction of sp³-hybridized carbons (Fsp3) is 0.417. The van der Waals surface area contributed by atoms with E-state index in [4.69, 9.17) is 5.11 Å². The third kappa shape index (κ3) is 1.52. The smallest absolute Gasteiger partial charge is 0.192 e. The first-order valence-electron chi connectivity index (χ1n) is 5.09. The standard InChI is InChI=1S/C12H14O2/c13-8-10-6-3-5-9-4-1-2-7-11(9)12(10)14/h3,6,8,13H,1-2,4-5,7H2. The number of aliphatic hydroxyl groups is 1. The van der Waals surface area contributed by atoms with Crippen molar-refractivity contribution in [2.45, 2.75) is 32.1 Å². The van der Waals surface area contributed by atoms with Crippen LogP contribution < -0.4 is 0 Å². The molecule has 0 fully saturated rings. The molecule has 2 nitrogen and oxygen atoms in total. The largest absolute Gasteiger partial charge is 0.515 e. The minimum atomic E-state index is 0.0240. The number of rotatable bonds is 0. The zero-order valence-corrected chi connectivity index (χ0v) is 8.12. The number of ketones is 1. The van der Waals surface area contributed by atoms with Crippen molar-refractivity contribution in [2.75, 3.05) is 0 Å². The molecule has 0 amide bonds. The molecule has 0 bridgehead atoms. The Morgan fingerprint density at radius 1 is 1.29 bits per heavy atom. The van der Waals surface area contributed by atoms with Gasteiger partial charge in [-0.3, -0.25) is 4.79 Å². The first-order valence-corrected chi connectivity index (χ1v) is 5.09. The van der Waals surface area contributed by atoms with Crippen molar-refractivity contribution in [3.63, 3.8) is 0 Å². The van der Waals surface area contributed by atoms with Crippen LogP contribution in [-0.2, 0) is 4.79 Å². The van der Waals surface area contributed by atoms with Crippen molar-refractivity contribution < 1.29 is 9.90 Å². The third-order valence-electron chi connectivity index (χ3n) is 2.92. The first kappa shape index (κ1) is 9.25. The number of allylic oxidation sites excluding steroid dienone is 5. The van der Waals surface area contributed by atoms with Gasteiger partial charge < -0.3 is 5.11 Å².